The van der Waals surface area contributed by atoms with Gasteiger partial charge in [-0.2, -0.15) is 4.72 Å². The van der Waals surface area contributed by atoms with Crippen molar-refractivity contribution in [1.29, 1.82) is 0 Å². The number of sulfonamides is 1. The van der Waals surface area contributed by atoms with Crippen molar-refractivity contribution < 1.29 is 18.3 Å². The van der Waals surface area contributed by atoms with Gasteiger partial charge in [0, 0.05) is 0 Å². The summed E-state index contributed by atoms with van der Waals surface area (Å²) in [7, 11) is -3.94. The second kappa shape index (κ2) is 5.69. The van der Waals surface area contributed by atoms with Gasteiger partial charge >= 0.3 is 5.97 Å². The van der Waals surface area contributed by atoms with E-state index in [-0.39, 0.29) is 15.8 Å². The van der Waals surface area contributed by atoms with Crippen LogP contribution in [0, 0.1) is 5.92 Å². The molecule has 1 atom stereocenters. The number of hydrogen-bond acceptors (Lipinski definition) is 3. The summed E-state index contributed by atoms with van der Waals surface area (Å²) in [5.41, 5.74) is 0. The first-order chi connectivity index (χ1) is 8.25. The molecule has 1 aromatic carbocycles. The normalized spacial score (nSPS) is 13.6. The predicted octanol–water partition coefficient (Wildman–Crippen LogP) is 1.73. The summed E-state index contributed by atoms with van der Waals surface area (Å²) >= 11 is 5.78. The monoisotopic (exact) mass is 291 g/mol. The van der Waals surface area contributed by atoms with Crippen LogP contribution < -0.4 is 4.72 Å². The topological polar surface area (TPSA) is 83.5 Å². The van der Waals surface area contributed by atoms with Crippen molar-refractivity contribution in [3.05, 3.63) is 29.3 Å². The summed E-state index contributed by atoms with van der Waals surface area (Å²) in [6, 6.07) is 4.68. The van der Waals surface area contributed by atoms with Crippen LogP contribution in [0.25, 0.3) is 0 Å². The van der Waals surface area contributed by atoms with E-state index in [2.05, 4.69) is 4.72 Å². The SMILES string of the molecule is CC(C)C(NS(=O)(=O)c1ccccc1Cl)C(=O)O. The first-order valence-electron chi connectivity index (χ1n) is 5.25. The molecular weight excluding hydrogens is 278 g/mol. The molecule has 0 heterocycles. The van der Waals surface area contributed by atoms with Crippen molar-refractivity contribution in [3.63, 3.8) is 0 Å². The van der Waals surface area contributed by atoms with E-state index in [0.29, 0.717) is 0 Å². The fourth-order valence-corrected chi connectivity index (χ4v) is 3.22. The zero-order valence-electron chi connectivity index (χ0n) is 9.92. The maximum Gasteiger partial charge on any atom is 0.322 e. The minimum Gasteiger partial charge on any atom is -0.480 e. The first kappa shape index (κ1) is 14.9. The molecule has 0 aliphatic heterocycles. The molecule has 0 aliphatic rings. The molecule has 0 saturated heterocycles. The van der Waals surface area contributed by atoms with Gasteiger partial charge in [-0.3, -0.25) is 4.79 Å². The van der Waals surface area contributed by atoms with Crippen LogP contribution in [0.3, 0.4) is 0 Å². The van der Waals surface area contributed by atoms with Crippen molar-refractivity contribution in [1.82, 2.24) is 4.72 Å². The van der Waals surface area contributed by atoms with E-state index >= 15 is 0 Å². The summed E-state index contributed by atoms with van der Waals surface area (Å²) < 4.78 is 26.2. The lowest BCUT2D eigenvalue weighted by atomic mass is 10.1. The van der Waals surface area contributed by atoms with Crippen molar-refractivity contribution in [2.75, 3.05) is 0 Å². The number of carboxylic acid groups (broad SMARTS) is 1. The molecule has 5 nitrogen and oxygen atoms in total. The number of aliphatic carboxylic acids is 1. The Kier molecular flexibility index (Phi) is 4.72. The Morgan fingerprint density at radius 2 is 1.89 bits per heavy atom. The van der Waals surface area contributed by atoms with Gasteiger partial charge in [-0.25, -0.2) is 8.42 Å². The van der Waals surface area contributed by atoms with Crippen LogP contribution in [0.1, 0.15) is 13.8 Å². The molecule has 18 heavy (non-hydrogen) atoms. The Hall–Kier alpha value is -1.11. The van der Waals surface area contributed by atoms with Gasteiger partial charge in [0.05, 0.1) is 5.02 Å². The predicted molar refractivity (Wildman–Crippen MR) is 68.0 cm³/mol. The smallest absolute Gasteiger partial charge is 0.322 e. The van der Waals surface area contributed by atoms with E-state index in [4.69, 9.17) is 16.7 Å². The summed E-state index contributed by atoms with van der Waals surface area (Å²) in [6.07, 6.45) is 0. The minimum absolute atomic E-state index is 0.0536. The van der Waals surface area contributed by atoms with Gasteiger partial charge in [-0.05, 0) is 18.1 Å². The third kappa shape index (κ3) is 3.44. The van der Waals surface area contributed by atoms with Gasteiger partial charge in [0.2, 0.25) is 10.0 Å². The van der Waals surface area contributed by atoms with Crippen molar-refractivity contribution in [3.8, 4) is 0 Å². The lowest BCUT2D eigenvalue weighted by molar-refractivity contribution is -0.140. The molecule has 0 aliphatic carbocycles. The highest BCUT2D eigenvalue weighted by Gasteiger charge is 2.28. The molecule has 0 fully saturated rings. The molecular formula is C11H14ClNO4S. The number of carbonyl (C=O) groups is 1. The van der Waals surface area contributed by atoms with Gasteiger partial charge in [0.1, 0.15) is 10.9 Å². The Morgan fingerprint density at radius 3 is 2.33 bits per heavy atom. The van der Waals surface area contributed by atoms with Gasteiger partial charge < -0.3 is 5.11 Å². The van der Waals surface area contributed by atoms with Gasteiger partial charge in [0.15, 0.2) is 0 Å². The average molecular weight is 292 g/mol. The van der Waals surface area contributed by atoms with Crippen LogP contribution in [-0.2, 0) is 14.8 Å². The molecule has 1 aromatic rings. The van der Waals surface area contributed by atoms with Crippen LogP contribution >= 0.6 is 11.6 Å². The first-order valence-corrected chi connectivity index (χ1v) is 7.11. The molecule has 0 amide bonds. The number of carboxylic acids is 1. The average Bonchev–Trinajstić information content (AvgIpc) is 2.25. The van der Waals surface area contributed by atoms with Gasteiger partial charge in [-0.1, -0.05) is 37.6 Å². The number of hydrogen-bond donors (Lipinski definition) is 2. The minimum atomic E-state index is -3.94. The van der Waals surface area contributed by atoms with E-state index in [1.54, 1.807) is 19.9 Å². The van der Waals surface area contributed by atoms with E-state index in [9.17, 15) is 13.2 Å². The molecule has 100 valence electrons. The standard InChI is InChI=1S/C11H14ClNO4S/c1-7(2)10(11(14)15)13-18(16,17)9-6-4-3-5-8(9)12/h3-7,10,13H,1-2H3,(H,14,15). The number of halogens is 1. The Bertz CT molecular complexity index is 542. The van der Waals surface area contributed by atoms with Crippen LogP contribution in [0.2, 0.25) is 5.02 Å². The fourth-order valence-electron chi connectivity index (χ4n) is 1.36. The quantitative estimate of drug-likeness (QED) is 0.865. The Balaban J connectivity index is 3.09. The highest BCUT2D eigenvalue weighted by atomic mass is 35.5. The van der Waals surface area contributed by atoms with Crippen molar-refractivity contribution in [2.24, 2.45) is 5.92 Å². The summed E-state index contributed by atoms with van der Waals surface area (Å²) in [5, 5.41) is 9.02. The highest BCUT2D eigenvalue weighted by molar-refractivity contribution is 7.89. The Morgan fingerprint density at radius 1 is 1.33 bits per heavy atom. The molecule has 0 spiro atoms. The van der Waals surface area contributed by atoms with Crippen LogP contribution in [-0.4, -0.2) is 25.5 Å². The number of rotatable bonds is 5. The fraction of sp³-hybridized carbons (Fsp3) is 0.364. The van der Waals surface area contributed by atoms with Crippen molar-refractivity contribution in [2.45, 2.75) is 24.8 Å². The summed E-state index contributed by atoms with van der Waals surface area (Å²) in [6.45, 7) is 3.24. The Labute approximate surface area is 111 Å². The van der Waals surface area contributed by atoms with Crippen LogP contribution in [0.4, 0.5) is 0 Å². The number of benzene rings is 1. The molecule has 0 aromatic heterocycles. The number of nitrogens with one attached hydrogen (secondary N) is 1. The van der Waals surface area contributed by atoms with Crippen molar-refractivity contribution >= 4 is 27.6 Å². The second-order valence-corrected chi connectivity index (χ2v) is 6.20. The van der Waals surface area contributed by atoms with Crippen LogP contribution in [0.5, 0.6) is 0 Å². The zero-order chi connectivity index (χ0) is 13.9. The molecule has 1 unspecified atom stereocenters. The van der Waals surface area contributed by atoms with E-state index in [0.717, 1.165) is 0 Å². The highest BCUT2D eigenvalue weighted by Crippen LogP contribution is 2.21. The zero-order valence-corrected chi connectivity index (χ0v) is 11.5. The van der Waals surface area contributed by atoms with E-state index in [1.807, 2.05) is 0 Å². The molecule has 0 radical (unpaired) electrons. The molecule has 1 rings (SSSR count). The summed E-state index contributed by atoms with van der Waals surface area (Å²) in [5.74, 6) is -1.60. The molecule has 0 saturated carbocycles. The van der Waals surface area contributed by atoms with Crippen LogP contribution in [0.15, 0.2) is 29.2 Å². The van der Waals surface area contributed by atoms with E-state index < -0.39 is 22.0 Å². The molecule has 7 heteroatoms. The summed E-state index contributed by atoms with van der Waals surface area (Å²) in [4.78, 5) is 10.8. The largest absolute Gasteiger partial charge is 0.480 e. The molecule has 0 bridgehead atoms. The lowest BCUT2D eigenvalue weighted by Gasteiger charge is -2.18. The third-order valence-electron chi connectivity index (χ3n) is 2.34. The lowest BCUT2D eigenvalue weighted by Crippen LogP contribution is -2.44. The maximum absolute atomic E-state index is 12.0. The van der Waals surface area contributed by atoms with E-state index in [1.165, 1.54) is 18.2 Å². The van der Waals surface area contributed by atoms with Gasteiger partial charge in [-0.15, -0.1) is 0 Å². The maximum atomic E-state index is 12.0. The third-order valence-corrected chi connectivity index (χ3v) is 4.28. The molecule has 2 N–H and O–H groups in total. The van der Waals surface area contributed by atoms with Gasteiger partial charge in [0.25, 0.3) is 0 Å². The second-order valence-electron chi connectivity index (χ2n) is 4.11.